The molecule has 3 rings (SSSR count). The fourth-order valence-corrected chi connectivity index (χ4v) is 4.45. The van der Waals surface area contributed by atoms with Crippen LogP contribution in [0, 0.1) is 0 Å². The molecule has 1 spiro atoms. The third kappa shape index (κ3) is 3.74. The van der Waals surface area contributed by atoms with Crippen LogP contribution in [0.4, 0.5) is 0 Å². The molecule has 2 saturated heterocycles. The van der Waals surface area contributed by atoms with E-state index in [4.69, 9.17) is 15.2 Å². The highest BCUT2D eigenvalue weighted by Gasteiger charge is 2.39. The van der Waals surface area contributed by atoms with Gasteiger partial charge in [-0.05, 0) is 49.0 Å². The molecule has 0 radical (unpaired) electrons. The summed E-state index contributed by atoms with van der Waals surface area (Å²) >= 11 is 2.04. The highest BCUT2D eigenvalue weighted by molar-refractivity contribution is 7.99. The van der Waals surface area contributed by atoms with Crippen LogP contribution in [0.2, 0.25) is 0 Å². The van der Waals surface area contributed by atoms with E-state index in [1.54, 1.807) is 0 Å². The molecule has 1 unspecified atom stereocenters. The van der Waals surface area contributed by atoms with Gasteiger partial charge in [0.2, 0.25) is 0 Å². The second-order valence-electron chi connectivity index (χ2n) is 6.23. The maximum absolute atomic E-state index is 6.19. The van der Waals surface area contributed by atoms with Crippen molar-refractivity contribution in [2.45, 2.75) is 50.4 Å². The molecule has 0 aromatic heterocycles. The maximum atomic E-state index is 6.19. The Morgan fingerprint density at radius 1 is 1.29 bits per heavy atom. The zero-order valence-electron chi connectivity index (χ0n) is 12.7. The Hall–Kier alpha value is -0.710. The summed E-state index contributed by atoms with van der Waals surface area (Å²) in [4.78, 5) is 0. The summed E-state index contributed by atoms with van der Waals surface area (Å²) in [6.07, 6.45) is 4.64. The van der Waals surface area contributed by atoms with Crippen LogP contribution in [-0.4, -0.2) is 29.8 Å². The van der Waals surface area contributed by atoms with Gasteiger partial charge in [-0.25, -0.2) is 0 Å². The quantitative estimate of drug-likeness (QED) is 0.928. The van der Waals surface area contributed by atoms with Crippen LogP contribution in [0.25, 0.3) is 0 Å². The van der Waals surface area contributed by atoms with Gasteiger partial charge in [-0.15, -0.1) is 0 Å². The van der Waals surface area contributed by atoms with Crippen molar-refractivity contribution in [3.63, 3.8) is 0 Å². The smallest absolute Gasteiger partial charge is 0.119 e. The second kappa shape index (κ2) is 6.59. The van der Waals surface area contributed by atoms with Gasteiger partial charge < -0.3 is 15.2 Å². The zero-order valence-corrected chi connectivity index (χ0v) is 13.5. The van der Waals surface area contributed by atoms with Gasteiger partial charge in [-0.3, -0.25) is 0 Å². The molecule has 2 fully saturated rings. The number of nitrogens with two attached hydrogens (primary N) is 1. The Bertz CT molecular complexity index is 449. The predicted octanol–water partition coefficient (Wildman–Crippen LogP) is 3.53. The number of ether oxygens (including phenoxy) is 2. The summed E-state index contributed by atoms with van der Waals surface area (Å²) in [6, 6.07) is 8.28. The first-order valence-electron chi connectivity index (χ1n) is 7.91. The van der Waals surface area contributed by atoms with Gasteiger partial charge >= 0.3 is 0 Å². The van der Waals surface area contributed by atoms with Gasteiger partial charge in [-0.2, -0.15) is 11.8 Å². The van der Waals surface area contributed by atoms with E-state index >= 15 is 0 Å². The topological polar surface area (TPSA) is 44.5 Å². The average molecular weight is 307 g/mol. The molecule has 0 amide bonds. The summed E-state index contributed by atoms with van der Waals surface area (Å²) in [5.41, 5.74) is 7.11. The lowest BCUT2D eigenvalue weighted by atomic mass is 9.86. The van der Waals surface area contributed by atoms with Crippen molar-refractivity contribution >= 4 is 11.8 Å². The van der Waals surface area contributed by atoms with E-state index in [-0.39, 0.29) is 17.7 Å². The molecule has 4 heteroatoms. The van der Waals surface area contributed by atoms with Crippen LogP contribution in [0.3, 0.4) is 0 Å². The standard InChI is InChI=1S/C17H25NO2S/c1-13(18)14-2-4-15(5-3-14)20-16-6-9-19-17(12-16)7-10-21-11-8-17/h2-5,13,16H,6-12,18H2,1H3/t13-,16?/m0/s1. The molecule has 2 aliphatic rings. The fraction of sp³-hybridized carbons (Fsp3) is 0.647. The molecule has 1 aromatic carbocycles. The highest BCUT2D eigenvalue weighted by atomic mass is 32.2. The van der Waals surface area contributed by atoms with Crippen LogP contribution in [0.1, 0.15) is 44.2 Å². The highest BCUT2D eigenvalue weighted by Crippen LogP contribution is 2.38. The van der Waals surface area contributed by atoms with E-state index in [1.165, 1.54) is 24.3 Å². The normalized spacial score (nSPS) is 26.5. The number of hydrogen-bond donors (Lipinski definition) is 1. The zero-order chi connectivity index (χ0) is 14.7. The minimum absolute atomic E-state index is 0.0742. The summed E-state index contributed by atoms with van der Waals surface area (Å²) in [6.45, 7) is 2.83. The van der Waals surface area contributed by atoms with Crippen molar-refractivity contribution < 1.29 is 9.47 Å². The minimum Gasteiger partial charge on any atom is -0.490 e. The van der Waals surface area contributed by atoms with Gasteiger partial charge in [0.15, 0.2) is 0 Å². The molecular formula is C17H25NO2S. The van der Waals surface area contributed by atoms with Crippen LogP contribution >= 0.6 is 11.8 Å². The average Bonchev–Trinajstić information content (AvgIpc) is 2.49. The second-order valence-corrected chi connectivity index (χ2v) is 7.46. The maximum Gasteiger partial charge on any atom is 0.119 e. The number of hydrogen-bond acceptors (Lipinski definition) is 4. The fourth-order valence-electron chi connectivity index (χ4n) is 3.22. The molecule has 0 saturated carbocycles. The van der Waals surface area contributed by atoms with Crippen molar-refractivity contribution in [3.05, 3.63) is 29.8 Å². The first kappa shape index (κ1) is 15.2. The first-order chi connectivity index (χ1) is 10.2. The lowest BCUT2D eigenvalue weighted by Gasteiger charge is -2.43. The Kier molecular flexibility index (Phi) is 4.77. The molecular weight excluding hydrogens is 282 g/mol. The van der Waals surface area contributed by atoms with Crippen LogP contribution < -0.4 is 10.5 Å². The van der Waals surface area contributed by atoms with E-state index < -0.39 is 0 Å². The van der Waals surface area contributed by atoms with Crippen LogP contribution in [-0.2, 0) is 4.74 Å². The van der Waals surface area contributed by atoms with Crippen LogP contribution in [0.15, 0.2) is 24.3 Å². The summed E-state index contributed by atoms with van der Waals surface area (Å²) in [5, 5.41) is 0. The Labute approximate surface area is 131 Å². The molecule has 3 nitrogen and oxygen atoms in total. The van der Waals surface area contributed by atoms with Crippen LogP contribution in [0.5, 0.6) is 5.75 Å². The van der Waals surface area contributed by atoms with E-state index in [1.807, 2.05) is 30.8 Å². The van der Waals surface area contributed by atoms with Gasteiger partial charge in [0.05, 0.1) is 12.2 Å². The molecule has 0 aliphatic carbocycles. The SMILES string of the molecule is C[C@H](N)c1ccc(OC2CCOC3(CCSCC3)C2)cc1. The van der Waals surface area contributed by atoms with Gasteiger partial charge in [0.25, 0.3) is 0 Å². The monoisotopic (exact) mass is 307 g/mol. The third-order valence-corrected chi connectivity index (χ3v) is 5.55. The van der Waals surface area contributed by atoms with Crippen molar-refractivity contribution in [3.8, 4) is 5.75 Å². The van der Waals surface area contributed by atoms with E-state index in [2.05, 4.69) is 12.1 Å². The molecule has 116 valence electrons. The van der Waals surface area contributed by atoms with E-state index in [9.17, 15) is 0 Å². The molecule has 0 bridgehead atoms. The molecule has 1 aromatic rings. The molecule has 2 atom stereocenters. The number of rotatable bonds is 3. The number of benzene rings is 1. The van der Waals surface area contributed by atoms with E-state index in [0.717, 1.165) is 30.8 Å². The lowest BCUT2D eigenvalue weighted by Crippen LogP contribution is -2.46. The summed E-state index contributed by atoms with van der Waals surface area (Å²) in [5.74, 6) is 3.39. The molecule has 21 heavy (non-hydrogen) atoms. The van der Waals surface area contributed by atoms with Crippen molar-refractivity contribution in [1.82, 2.24) is 0 Å². The molecule has 2 N–H and O–H groups in total. The summed E-state index contributed by atoms with van der Waals surface area (Å²) in [7, 11) is 0. The van der Waals surface area contributed by atoms with E-state index in [0.29, 0.717) is 0 Å². The largest absolute Gasteiger partial charge is 0.490 e. The third-order valence-electron chi connectivity index (χ3n) is 4.56. The predicted molar refractivity (Wildman–Crippen MR) is 87.9 cm³/mol. The molecule has 2 heterocycles. The number of thioether (sulfide) groups is 1. The van der Waals surface area contributed by atoms with Gasteiger partial charge in [0.1, 0.15) is 11.9 Å². The van der Waals surface area contributed by atoms with Crippen molar-refractivity contribution in [2.75, 3.05) is 18.1 Å². The first-order valence-corrected chi connectivity index (χ1v) is 9.06. The molecule has 2 aliphatic heterocycles. The Morgan fingerprint density at radius 3 is 2.67 bits per heavy atom. The Balaban J connectivity index is 1.61. The Morgan fingerprint density at radius 2 is 2.00 bits per heavy atom. The van der Waals surface area contributed by atoms with Gasteiger partial charge in [-0.1, -0.05) is 12.1 Å². The lowest BCUT2D eigenvalue weighted by molar-refractivity contribution is -0.116. The van der Waals surface area contributed by atoms with Crippen molar-refractivity contribution in [2.24, 2.45) is 5.73 Å². The van der Waals surface area contributed by atoms with Crippen molar-refractivity contribution in [1.29, 1.82) is 0 Å². The minimum atomic E-state index is 0.0742. The summed E-state index contributed by atoms with van der Waals surface area (Å²) < 4.78 is 12.3. The van der Waals surface area contributed by atoms with Gasteiger partial charge in [0, 0.05) is 18.9 Å².